The van der Waals surface area contributed by atoms with Crippen LogP contribution in [0.3, 0.4) is 0 Å². The van der Waals surface area contributed by atoms with Gasteiger partial charge >= 0.3 is 12.1 Å². The van der Waals surface area contributed by atoms with Crippen molar-refractivity contribution >= 4 is 23.3 Å². The summed E-state index contributed by atoms with van der Waals surface area (Å²) in [4.78, 5) is 24.5. The van der Waals surface area contributed by atoms with Gasteiger partial charge in [-0.15, -0.1) is 11.6 Å². The first kappa shape index (κ1) is 18.6. The molecule has 24 heavy (non-hydrogen) atoms. The largest absolute Gasteiger partial charge is 0.494 e. The molecule has 4 nitrogen and oxygen atoms in total. The molecule has 1 saturated heterocycles. The molecule has 1 aliphatic rings. The van der Waals surface area contributed by atoms with E-state index >= 15 is 0 Å². The van der Waals surface area contributed by atoms with E-state index in [1.807, 2.05) is 0 Å². The van der Waals surface area contributed by atoms with Gasteiger partial charge in [-0.2, -0.15) is 13.2 Å². The second-order valence-electron chi connectivity index (χ2n) is 5.43. The van der Waals surface area contributed by atoms with Crippen molar-refractivity contribution in [2.75, 3.05) is 19.0 Å². The zero-order valence-corrected chi connectivity index (χ0v) is 13.6. The number of Topliss-reactive ketones (excluding diaryl/α,β-unsaturated/α-hetero) is 1. The predicted octanol–water partition coefficient (Wildman–Crippen LogP) is 3.43. The third-order valence-electron chi connectivity index (χ3n) is 3.74. The van der Waals surface area contributed by atoms with Crippen LogP contribution in [0.25, 0.3) is 0 Å². The molecule has 8 heteroatoms. The van der Waals surface area contributed by atoms with Gasteiger partial charge in [0.1, 0.15) is 5.75 Å². The number of alkyl halides is 4. The first-order valence-electron chi connectivity index (χ1n) is 7.55. The van der Waals surface area contributed by atoms with Gasteiger partial charge in [-0.1, -0.05) is 0 Å². The molecular weight excluding hydrogens is 347 g/mol. The molecule has 1 aromatic rings. The van der Waals surface area contributed by atoms with Crippen molar-refractivity contribution < 1.29 is 27.5 Å². The molecule has 2 rings (SSSR count). The molecule has 1 atom stereocenters. The summed E-state index contributed by atoms with van der Waals surface area (Å²) in [6, 6.07) is 5.07. The van der Waals surface area contributed by atoms with E-state index < -0.39 is 23.9 Å². The van der Waals surface area contributed by atoms with Crippen molar-refractivity contribution in [2.24, 2.45) is 0 Å². The molecule has 1 aliphatic heterocycles. The third-order valence-corrected chi connectivity index (χ3v) is 4.01. The number of likely N-dealkylation sites (tertiary alicyclic amines) is 1. The second kappa shape index (κ2) is 7.88. The van der Waals surface area contributed by atoms with Crippen molar-refractivity contribution in [1.82, 2.24) is 4.90 Å². The van der Waals surface area contributed by atoms with E-state index in [0.29, 0.717) is 36.0 Å². The molecule has 1 unspecified atom stereocenters. The summed E-state index contributed by atoms with van der Waals surface area (Å²) in [5.74, 6) is -1.43. The van der Waals surface area contributed by atoms with Crippen molar-refractivity contribution in [1.29, 1.82) is 0 Å². The van der Waals surface area contributed by atoms with E-state index in [-0.39, 0.29) is 18.5 Å². The first-order valence-corrected chi connectivity index (χ1v) is 8.09. The van der Waals surface area contributed by atoms with Gasteiger partial charge in [0.25, 0.3) is 0 Å². The van der Waals surface area contributed by atoms with Crippen LogP contribution in [-0.2, 0) is 4.79 Å². The number of benzene rings is 1. The lowest BCUT2D eigenvalue weighted by Gasteiger charge is -2.24. The Kier molecular flexibility index (Phi) is 6.10. The Morgan fingerprint density at radius 1 is 1.25 bits per heavy atom. The topological polar surface area (TPSA) is 46.6 Å². The molecule has 0 N–H and O–H groups in total. The highest BCUT2D eigenvalue weighted by atomic mass is 35.5. The monoisotopic (exact) mass is 363 g/mol. The Morgan fingerprint density at radius 2 is 1.92 bits per heavy atom. The van der Waals surface area contributed by atoms with Crippen molar-refractivity contribution in [3.63, 3.8) is 0 Å². The van der Waals surface area contributed by atoms with E-state index in [1.54, 1.807) is 12.1 Å². The molecule has 1 aromatic carbocycles. The van der Waals surface area contributed by atoms with Gasteiger partial charge in [0.05, 0.1) is 12.6 Å². The van der Waals surface area contributed by atoms with Crippen LogP contribution in [0.15, 0.2) is 24.3 Å². The van der Waals surface area contributed by atoms with Crippen LogP contribution in [0.2, 0.25) is 0 Å². The Bertz CT molecular complexity index is 589. The maximum atomic E-state index is 12.6. The van der Waals surface area contributed by atoms with Gasteiger partial charge in [0, 0.05) is 18.0 Å². The summed E-state index contributed by atoms with van der Waals surface area (Å²) in [5.41, 5.74) is 0.256. The van der Waals surface area contributed by atoms with Crippen LogP contribution >= 0.6 is 11.6 Å². The van der Waals surface area contributed by atoms with Crippen LogP contribution in [0.5, 0.6) is 5.75 Å². The third kappa shape index (κ3) is 4.41. The van der Waals surface area contributed by atoms with Crippen LogP contribution in [-0.4, -0.2) is 47.8 Å². The van der Waals surface area contributed by atoms with Crippen LogP contribution < -0.4 is 4.74 Å². The number of ether oxygens (including phenoxy) is 1. The van der Waals surface area contributed by atoms with Crippen LogP contribution in [0.1, 0.15) is 29.6 Å². The number of amides is 1. The van der Waals surface area contributed by atoms with Crippen LogP contribution in [0, 0.1) is 0 Å². The van der Waals surface area contributed by atoms with Gasteiger partial charge in [0.2, 0.25) is 0 Å². The number of hydrogen-bond donors (Lipinski definition) is 0. The molecule has 1 heterocycles. The summed E-state index contributed by atoms with van der Waals surface area (Å²) in [7, 11) is 0. The fraction of sp³-hybridized carbons (Fsp3) is 0.500. The summed E-state index contributed by atoms with van der Waals surface area (Å²) in [6.45, 7) is 0.377. The molecule has 132 valence electrons. The summed E-state index contributed by atoms with van der Waals surface area (Å²) in [5, 5.41) is 0. The Morgan fingerprint density at radius 3 is 2.50 bits per heavy atom. The highest BCUT2D eigenvalue weighted by Crippen LogP contribution is 2.28. The fourth-order valence-electron chi connectivity index (χ4n) is 2.60. The number of nitrogens with zero attached hydrogens (tertiary/aromatic N) is 1. The molecule has 1 amide bonds. The van der Waals surface area contributed by atoms with E-state index in [2.05, 4.69) is 0 Å². The number of hydrogen-bond acceptors (Lipinski definition) is 3. The minimum absolute atomic E-state index is 0.0611. The summed E-state index contributed by atoms with van der Waals surface area (Å²) >= 11 is 5.54. The Balaban J connectivity index is 2.06. The zero-order chi connectivity index (χ0) is 17.7. The van der Waals surface area contributed by atoms with E-state index in [4.69, 9.17) is 16.3 Å². The number of halogens is 4. The van der Waals surface area contributed by atoms with Crippen molar-refractivity contribution in [2.45, 2.75) is 31.5 Å². The van der Waals surface area contributed by atoms with Gasteiger partial charge in [-0.3, -0.25) is 9.59 Å². The molecular formula is C16H17ClF3NO3. The Hall–Kier alpha value is -1.76. The predicted molar refractivity (Wildman–Crippen MR) is 82.4 cm³/mol. The SMILES string of the molecule is O=C(c1ccc(OCCCCl)cc1)C1CCCN1C(=O)C(F)(F)F. The van der Waals surface area contributed by atoms with Crippen molar-refractivity contribution in [3.05, 3.63) is 29.8 Å². The molecule has 1 fully saturated rings. The average Bonchev–Trinajstić information content (AvgIpc) is 3.03. The lowest BCUT2D eigenvalue weighted by atomic mass is 10.0. The number of carbonyl (C=O) groups excluding carboxylic acids is 2. The van der Waals surface area contributed by atoms with Crippen molar-refractivity contribution in [3.8, 4) is 5.75 Å². The molecule has 0 radical (unpaired) electrons. The second-order valence-corrected chi connectivity index (χ2v) is 5.81. The highest BCUT2D eigenvalue weighted by Gasteiger charge is 2.47. The lowest BCUT2D eigenvalue weighted by molar-refractivity contribution is -0.185. The summed E-state index contributed by atoms with van der Waals surface area (Å²) < 4.78 is 43.2. The van der Waals surface area contributed by atoms with Crippen LogP contribution in [0.4, 0.5) is 13.2 Å². The van der Waals surface area contributed by atoms with Gasteiger partial charge in [0.15, 0.2) is 5.78 Å². The van der Waals surface area contributed by atoms with Gasteiger partial charge < -0.3 is 9.64 Å². The van der Waals surface area contributed by atoms with E-state index in [0.717, 1.165) is 0 Å². The highest BCUT2D eigenvalue weighted by molar-refractivity contribution is 6.17. The van der Waals surface area contributed by atoms with Gasteiger partial charge in [-0.25, -0.2) is 0 Å². The molecule has 0 aromatic heterocycles. The maximum absolute atomic E-state index is 12.6. The standard InChI is InChI=1S/C16H17ClF3NO3/c17-8-2-10-24-12-6-4-11(5-7-12)14(22)13-3-1-9-21(13)15(23)16(18,19)20/h4-7,13H,1-3,8-10H2. The average molecular weight is 364 g/mol. The normalized spacial score (nSPS) is 17.8. The van der Waals surface area contributed by atoms with Gasteiger partial charge in [-0.05, 0) is 43.5 Å². The lowest BCUT2D eigenvalue weighted by Crippen LogP contribution is -2.46. The fourth-order valence-corrected chi connectivity index (χ4v) is 2.71. The minimum atomic E-state index is -4.97. The smallest absolute Gasteiger partial charge is 0.471 e. The molecule has 0 aliphatic carbocycles. The first-order chi connectivity index (χ1) is 11.3. The maximum Gasteiger partial charge on any atom is 0.471 e. The quantitative estimate of drug-likeness (QED) is 0.442. The van der Waals surface area contributed by atoms with E-state index in [9.17, 15) is 22.8 Å². The Labute approximate surface area is 142 Å². The number of carbonyl (C=O) groups is 2. The molecule has 0 bridgehead atoms. The molecule has 0 spiro atoms. The zero-order valence-electron chi connectivity index (χ0n) is 12.8. The number of ketones is 1. The minimum Gasteiger partial charge on any atom is -0.494 e. The summed E-state index contributed by atoms with van der Waals surface area (Å²) in [6.07, 6.45) is -3.69. The number of rotatable bonds is 6. The van der Waals surface area contributed by atoms with E-state index in [1.165, 1.54) is 12.1 Å². The molecule has 0 saturated carbocycles.